The van der Waals surface area contributed by atoms with Gasteiger partial charge < -0.3 is 39.2 Å². The standard InChI is InChI=1S/C23H37N3O10S/c1-23(2,14-34-22(33)35-15(12-17(28)29)13-26(3,4)5)20-21(32)25-9-8-16(27)24-10-11-37-19(31)7-6-18(30)36-20/h15,20H,6-14H2,1-5H3,(H2-,24,25,27,28,29,32)/t15-,20+/m1/s1. The predicted molar refractivity (Wildman–Crippen MR) is 130 cm³/mol. The van der Waals surface area contributed by atoms with E-state index in [1.165, 1.54) is 13.8 Å². The molecule has 0 unspecified atom stereocenters. The van der Waals surface area contributed by atoms with Gasteiger partial charge in [0.15, 0.2) is 17.3 Å². The number of hydrogen-bond acceptors (Lipinski definition) is 11. The smallest absolute Gasteiger partial charge is 0.508 e. The van der Waals surface area contributed by atoms with E-state index in [1.807, 2.05) is 0 Å². The van der Waals surface area contributed by atoms with Crippen molar-refractivity contribution in [1.82, 2.24) is 10.6 Å². The molecule has 1 heterocycles. The van der Waals surface area contributed by atoms with Crippen molar-refractivity contribution in [3.63, 3.8) is 0 Å². The number of hydrogen-bond donors (Lipinski definition) is 2. The van der Waals surface area contributed by atoms with E-state index in [2.05, 4.69) is 10.6 Å². The number of ether oxygens (including phenoxy) is 3. The van der Waals surface area contributed by atoms with E-state index in [1.54, 1.807) is 21.1 Å². The summed E-state index contributed by atoms with van der Waals surface area (Å²) in [6, 6.07) is 0. The SMILES string of the molecule is CC(C)(COC(=O)O[C@H](CC(=O)[O-])C[N+](C)(C)C)[C@H]1OC(=O)CCC(=O)SCCNC(=O)CCNC1=O. The van der Waals surface area contributed by atoms with Crippen molar-refractivity contribution >= 4 is 46.8 Å². The van der Waals surface area contributed by atoms with E-state index in [-0.39, 0.29) is 49.9 Å². The Bertz CT molecular complexity index is 856. The molecule has 1 aliphatic heterocycles. The number of likely N-dealkylation sites (N-methyl/N-ethyl adjacent to an activating group) is 1. The first kappa shape index (κ1) is 32.2. The van der Waals surface area contributed by atoms with Gasteiger partial charge in [-0.25, -0.2) is 4.79 Å². The minimum atomic E-state index is -1.42. The number of carboxylic acid groups (broad SMARTS) is 1. The van der Waals surface area contributed by atoms with E-state index < -0.39 is 54.7 Å². The van der Waals surface area contributed by atoms with Crippen molar-refractivity contribution in [2.75, 3.05) is 53.1 Å². The number of amides is 2. The summed E-state index contributed by atoms with van der Waals surface area (Å²) in [5, 5.41) is 16.0. The van der Waals surface area contributed by atoms with Gasteiger partial charge in [0, 0.05) is 49.5 Å². The van der Waals surface area contributed by atoms with Gasteiger partial charge in [0.2, 0.25) is 5.91 Å². The minimum Gasteiger partial charge on any atom is -0.550 e. The molecule has 210 valence electrons. The molecule has 0 aliphatic carbocycles. The molecule has 1 rings (SSSR count). The Morgan fingerprint density at radius 2 is 1.78 bits per heavy atom. The number of carbonyl (C=O) groups is 6. The highest BCUT2D eigenvalue weighted by Crippen LogP contribution is 2.26. The molecule has 0 radical (unpaired) electrons. The summed E-state index contributed by atoms with van der Waals surface area (Å²) < 4.78 is 16.0. The lowest BCUT2D eigenvalue weighted by Gasteiger charge is -2.32. The summed E-state index contributed by atoms with van der Waals surface area (Å²) >= 11 is 0.985. The number of rotatable bonds is 8. The maximum absolute atomic E-state index is 12.9. The van der Waals surface area contributed by atoms with E-state index in [0.29, 0.717) is 10.2 Å². The Kier molecular flexibility index (Phi) is 12.8. The van der Waals surface area contributed by atoms with E-state index in [9.17, 15) is 33.9 Å². The summed E-state index contributed by atoms with van der Waals surface area (Å²) in [7, 11) is 5.37. The summed E-state index contributed by atoms with van der Waals surface area (Å²) in [6.45, 7) is 3.04. The first-order valence-electron chi connectivity index (χ1n) is 11.8. The van der Waals surface area contributed by atoms with Gasteiger partial charge in [-0.1, -0.05) is 25.6 Å². The normalized spacial score (nSPS) is 19.9. The molecule has 1 saturated heterocycles. The molecule has 1 fully saturated rings. The van der Waals surface area contributed by atoms with Gasteiger partial charge in [0.1, 0.15) is 13.2 Å². The molecule has 1 aliphatic rings. The fraction of sp³-hybridized carbons (Fsp3) is 0.739. The fourth-order valence-corrected chi connectivity index (χ4v) is 3.98. The second-order valence-corrected chi connectivity index (χ2v) is 11.4. The zero-order valence-corrected chi connectivity index (χ0v) is 22.8. The molecular formula is C23H37N3O10S. The molecule has 13 nitrogen and oxygen atoms in total. The Hall–Kier alpha value is -2.87. The van der Waals surface area contributed by atoms with E-state index in [4.69, 9.17) is 14.2 Å². The molecule has 2 atom stereocenters. The Morgan fingerprint density at radius 1 is 1.11 bits per heavy atom. The number of nitrogens with one attached hydrogen (secondary N) is 2. The molecule has 2 amide bonds. The first-order valence-corrected chi connectivity index (χ1v) is 12.8. The predicted octanol–water partition coefficient (Wildman–Crippen LogP) is -1.03. The molecule has 0 spiro atoms. The number of thioether (sulfide) groups is 1. The monoisotopic (exact) mass is 547 g/mol. The average molecular weight is 548 g/mol. The maximum atomic E-state index is 12.9. The van der Waals surface area contributed by atoms with Gasteiger partial charge in [0.25, 0.3) is 5.91 Å². The molecule has 0 bridgehead atoms. The zero-order valence-electron chi connectivity index (χ0n) is 22.0. The number of quaternary nitrogens is 1. The Balaban J connectivity index is 2.91. The molecule has 0 saturated carbocycles. The molecule has 37 heavy (non-hydrogen) atoms. The van der Waals surface area contributed by atoms with Crippen LogP contribution in [0.25, 0.3) is 0 Å². The van der Waals surface area contributed by atoms with Crippen molar-refractivity contribution < 1.29 is 52.6 Å². The van der Waals surface area contributed by atoms with Crippen LogP contribution in [0.5, 0.6) is 0 Å². The van der Waals surface area contributed by atoms with Gasteiger partial charge in [0.05, 0.1) is 27.6 Å². The van der Waals surface area contributed by atoms with Crippen LogP contribution < -0.4 is 15.7 Å². The Morgan fingerprint density at radius 3 is 2.41 bits per heavy atom. The zero-order chi connectivity index (χ0) is 28.2. The number of carboxylic acids is 1. The topological polar surface area (TPSA) is 177 Å². The van der Waals surface area contributed by atoms with Crippen molar-refractivity contribution in [2.45, 2.75) is 51.7 Å². The van der Waals surface area contributed by atoms with Crippen LogP contribution in [-0.4, -0.2) is 105 Å². The molecular weight excluding hydrogens is 510 g/mol. The fourth-order valence-electron chi connectivity index (χ4n) is 3.30. The molecule has 0 aromatic heterocycles. The van der Waals surface area contributed by atoms with Gasteiger partial charge in [-0.2, -0.15) is 0 Å². The van der Waals surface area contributed by atoms with Crippen molar-refractivity contribution in [1.29, 1.82) is 0 Å². The van der Waals surface area contributed by atoms with Crippen molar-refractivity contribution in [3.8, 4) is 0 Å². The lowest BCUT2D eigenvalue weighted by molar-refractivity contribution is -0.873. The number of carbonyl (C=O) groups excluding carboxylic acids is 6. The van der Waals surface area contributed by atoms with Gasteiger partial charge in [-0.15, -0.1) is 0 Å². The highest BCUT2D eigenvalue weighted by Gasteiger charge is 2.40. The van der Waals surface area contributed by atoms with Crippen molar-refractivity contribution in [2.24, 2.45) is 5.41 Å². The molecule has 14 heteroatoms. The first-order chi connectivity index (χ1) is 17.1. The van der Waals surface area contributed by atoms with Gasteiger partial charge in [-0.3, -0.25) is 19.2 Å². The van der Waals surface area contributed by atoms with Crippen LogP contribution in [0.1, 0.15) is 39.5 Å². The second-order valence-electron chi connectivity index (χ2n) is 10.3. The molecule has 0 aromatic rings. The second kappa shape index (κ2) is 14.8. The lowest BCUT2D eigenvalue weighted by atomic mass is 9.86. The minimum absolute atomic E-state index is 0.0274. The number of nitrogens with zero attached hydrogens (tertiary/aromatic N) is 1. The highest BCUT2D eigenvalue weighted by molar-refractivity contribution is 8.13. The average Bonchev–Trinajstić information content (AvgIpc) is 2.75. The van der Waals surface area contributed by atoms with Crippen LogP contribution in [-0.2, 0) is 38.2 Å². The Labute approximate surface area is 220 Å². The van der Waals surface area contributed by atoms with Crippen molar-refractivity contribution in [3.05, 3.63) is 0 Å². The summed E-state index contributed by atoms with van der Waals surface area (Å²) in [5.41, 5.74) is -1.25. The highest BCUT2D eigenvalue weighted by atomic mass is 32.2. The van der Waals surface area contributed by atoms with E-state index in [0.717, 1.165) is 11.8 Å². The van der Waals surface area contributed by atoms with Crippen LogP contribution in [0, 0.1) is 5.41 Å². The third-order valence-electron chi connectivity index (χ3n) is 5.04. The third kappa shape index (κ3) is 13.9. The quantitative estimate of drug-likeness (QED) is 0.280. The largest absolute Gasteiger partial charge is 0.550 e. The number of cyclic esters (lactones) is 1. The lowest BCUT2D eigenvalue weighted by Crippen LogP contribution is -2.49. The van der Waals surface area contributed by atoms with Crippen LogP contribution >= 0.6 is 11.8 Å². The molecule has 0 aromatic carbocycles. The van der Waals surface area contributed by atoms with Crippen LogP contribution in [0.2, 0.25) is 0 Å². The number of aliphatic carboxylic acids is 1. The van der Waals surface area contributed by atoms with Crippen LogP contribution in [0.3, 0.4) is 0 Å². The van der Waals surface area contributed by atoms with Gasteiger partial charge >= 0.3 is 12.1 Å². The summed E-state index contributed by atoms with van der Waals surface area (Å²) in [6.07, 6.45) is -4.51. The van der Waals surface area contributed by atoms with Gasteiger partial charge in [-0.05, 0) is 0 Å². The molecule has 2 N–H and O–H groups in total. The third-order valence-corrected chi connectivity index (χ3v) is 5.97. The summed E-state index contributed by atoms with van der Waals surface area (Å²) in [4.78, 5) is 72.5. The maximum Gasteiger partial charge on any atom is 0.508 e. The number of esters is 1. The van der Waals surface area contributed by atoms with E-state index >= 15 is 0 Å². The van der Waals surface area contributed by atoms with Crippen LogP contribution in [0.15, 0.2) is 0 Å². The van der Waals surface area contributed by atoms with Crippen LogP contribution in [0.4, 0.5) is 4.79 Å². The summed E-state index contributed by atoms with van der Waals surface area (Å²) in [5.74, 6) is -2.85.